The van der Waals surface area contributed by atoms with Crippen LogP contribution in [0.25, 0.3) is 22.1 Å². The molecule has 4 aromatic rings. The molecule has 0 aliphatic heterocycles. The second-order valence-corrected chi connectivity index (χ2v) is 6.70. The van der Waals surface area contributed by atoms with Crippen molar-refractivity contribution in [2.24, 2.45) is 0 Å². The van der Waals surface area contributed by atoms with Crippen LogP contribution in [0.1, 0.15) is 5.56 Å². The maximum absolute atomic E-state index is 13.1. The average Bonchev–Trinajstić information content (AvgIpc) is 3.03. The third-order valence-electron chi connectivity index (χ3n) is 4.05. The largest absolute Gasteiger partial charge is 0.459 e. The normalized spacial score (nSPS) is 11.2. The van der Waals surface area contributed by atoms with E-state index in [4.69, 9.17) is 9.15 Å². The highest BCUT2D eigenvalue weighted by Gasteiger charge is 2.15. The van der Waals surface area contributed by atoms with Gasteiger partial charge in [-0.25, -0.2) is 9.37 Å². The molecule has 0 saturated carbocycles. The molecule has 2 aromatic heterocycles. The van der Waals surface area contributed by atoms with Crippen LogP contribution in [0.3, 0.4) is 0 Å². The summed E-state index contributed by atoms with van der Waals surface area (Å²) in [5.41, 5.74) is 1.25. The molecule has 0 radical (unpaired) electrons. The third-order valence-corrected chi connectivity index (χ3v) is 4.79. The number of fused-ring (bicyclic) bond motifs is 3. The van der Waals surface area contributed by atoms with E-state index >= 15 is 0 Å². The first kappa shape index (κ1) is 17.4. The summed E-state index contributed by atoms with van der Waals surface area (Å²) in [7, 11) is 0. The Morgan fingerprint density at radius 2 is 2.07 bits per heavy atom. The molecule has 6 nitrogen and oxygen atoms in total. The number of para-hydroxylation sites is 1. The van der Waals surface area contributed by atoms with Crippen LogP contribution < -0.4 is 5.56 Å². The molecular weight excluding hydrogens is 419 g/mol. The molecule has 0 N–H and O–H groups in total. The Labute approximate surface area is 160 Å². The van der Waals surface area contributed by atoms with Crippen LogP contribution in [-0.4, -0.2) is 15.5 Å². The van der Waals surface area contributed by atoms with Gasteiger partial charge in [-0.05, 0) is 24.3 Å². The number of ether oxygens (including phenoxy) is 1. The van der Waals surface area contributed by atoms with Crippen LogP contribution in [0.4, 0.5) is 4.39 Å². The zero-order valence-electron chi connectivity index (χ0n) is 13.8. The number of aromatic nitrogens is 2. The SMILES string of the molecule is O=C(Cn1cnc2c(oc3ccccc32)c1=O)OCc1ccc(F)cc1Br. The van der Waals surface area contributed by atoms with Gasteiger partial charge in [0.25, 0.3) is 5.56 Å². The van der Waals surface area contributed by atoms with Crippen LogP contribution in [0.5, 0.6) is 0 Å². The van der Waals surface area contributed by atoms with Crippen molar-refractivity contribution in [2.75, 3.05) is 0 Å². The van der Waals surface area contributed by atoms with Crippen LogP contribution in [-0.2, 0) is 22.7 Å². The molecule has 0 amide bonds. The van der Waals surface area contributed by atoms with Gasteiger partial charge >= 0.3 is 5.97 Å². The van der Waals surface area contributed by atoms with Crippen molar-refractivity contribution in [3.05, 3.63) is 75.0 Å². The Morgan fingerprint density at radius 3 is 2.89 bits per heavy atom. The number of rotatable bonds is 4. The number of halogens is 2. The summed E-state index contributed by atoms with van der Waals surface area (Å²) in [5, 5.41) is 0.737. The van der Waals surface area contributed by atoms with E-state index in [0.717, 1.165) is 9.95 Å². The topological polar surface area (TPSA) is 74.3 Å². The summed E-state index contributed by atoms with van der Waals surface area (Å²) in [4.78, 5) is 28.9. The van der Waals surface area contributed by atoms with E-state index < -0.39 is 17.3 Å². The summed E-state index contributed by atoms with van der Waals surface area (Å²) in [6.07, 6.45) is 1.29. The fourth-order valence-electron chi connectivity index (χ4n) is 2.71. The predicted molar refractivity (Wildman–Crippen MR) is 99.7 cm³/mol. The highest BCUT2D eigenvalue weighted by atomic mass is 79.9. The fraction of sp³-hybridized carbons (Fsp3) is 0.105. The molecule has 8 heteroatoms. The molecule has 0 bridgehead atoms. The minimum absolute atomic E-state index is 0.0469. The van der Waals surface area contributed by atoms with Gasteiger partial charge in [-0.3, -0.25) is 14.2 Å². The summed E-state index contributed by atoms with van der Waals surface area (Å²) in [5.74, 6) is -1.01. The van der Waals surface area contributed by atoms with Crippen molar-refractivity contribution in [1.82, 2.24) is 9.55 Å². The van der Waals surface area contributed by atoms with Crippen LogP contribution in [0, 0.1) is 5.82 Å². The van der Waals surface area contributed by atoms with E-state index in [1.807, 2.05) is 12.1 Å². The first-order valence-corrected chi connectivity index (χ1v) is 8.78. The quantitative estimate of drug-likeness (QED) is 0.460. The van der Waals surface area contributed by atoms with E-state index in [2.05, 4.69) is 20.9 Å². The minimum atomic E-state index is -0.620. The first-order valence-electron chi connectivity index (χ1n) is 7.99. The monoisotopic (exact) mass is 430 g/mol. The van der Waals surface area contributed by atoms with E-state index in [-0.39, 0.29) is 18.7 Å². The molecule has 0 aliphatic rings. The van der Waals surface area contributed by atoms with Gasteiger partial charge in [0.05, 0.1) is 6.33 Å². The predicted octanol–water partition coefficient (Wildman–Crippen LogP) is 3.79. The number of hydrogen-bond donors (Lipinski definition) is 0. The Bertz CT molecular complexity index is 1230. The molecule has 4 rings (SSSR count). The molecule has 0 fully saturated rings. The summed E-state index contributed by atoms with van der Waals surface area (Å²) < 4.78 is 25.5. The fourth-order valence-corrected chi connectivity index (χ4v) is 3.17. The molecular formula is C19H12BrFN2O4. The lowest BCUT2D eigenvalue weighted by atomic mass is 10.2. The summed E-state index contributed by atoms with van der Waals surface area (Å²) >= 11 is 3.21. The number of esters is 1. The van der Waals surface area contributed by atoms with Gasteiger partial charge in [0.15, 0.2) is 0 Å². The highest BCUT2D eigenvalue weighted by Crippen LogP contribution is 2.24. The average molecular weight is 431 g/mol. The van der Waals surface area contributed by atoms with Gasteiger partial charge < -0.3 is 9.15 Å². The number of carbonyl (C=O) groups excluding carboxylic acids is 1. The molecule has 0 unspecified atom stereocenters. The van der Waals surface area contributed by atoms with Crippen molar-refractivity contribution in [3.8, 4) is 0 Å². The second-order valence-electron chi connectivity index (χ2n) is 5.85. The molecule has 2 aromatic carbocycles. The van der Waals surface area contributed by atoms with Crippen LogP contribution in [0.2, 0.25) is 0 Å². The maximum atomic E-state index is 13.1. The molecule has 2 heterocycles. The zero-order chi connectivity index (χ0) is 19.0. The van der Waals surface area contributed by atoms with Gasteiger partial charge in [0, 0.05) is 15.4 Å². The van der Waals surface area contributed by atoms with E-state index in [1.165, 1.54) is 24.5 Å². The molecule has 0 saturated heterocycles. The molecule has 27 heavy (non-hydrogen) atoms. The van der Waals surface area contributed by atoms with Gasteiger partial charge in [0.2, 0.25) is 5.58 Å². The Kier molecular flexibility index (Phi) is 4.49. The van der Waals surface area contributed by atoms with Crippen molar-refractivity contribution in [1.29, 1.82) is 0 Å². The second kappa shape index (κ2) is 6.96. The lowest BCUT2D eigenvalue weighted by Gasteiger charge is -2.08. The third kappa shape index (κ3) is 3.35. The highest BCUT2D eigenvalue weighted by molar-refractivity contribution is 9.10. The summed E-state index contributed by atoms with van der Waals surface area (Å²) in [6, 6.07) is 11.3. The molecule has 0 aliphatic carbocycles. The number of hydrogen-bond acceptors (Lipinski definition) is 5. The number of furan rings is 1. The standard InChI is InChI=1S/C19H12BrFN2O4/c20-14-7-12(21)6-5-11(14)9-26-16(24)8-23-10-22-17-13-3-1-2-4-15(13)27-18(17)19(23)25/h1-7,10H,8-9H2. The van der Waals surface area contributed by atoms with Crippen molar-refractivity contribution >= 4 is 44.0 Å². The first-order chi connectivity index (χ1) is 13.0. The van der Waals surface area contributed by atoms with Crippen molar-refractivity contribution in [2.45, 2.75) is 13.2 Å². The van der Waals surface area contributed by atoms with Crippen LogP contribution in [0.15, 0.2) is 62.5 Å². The van der Waals surface area contributed by atoms with Crippen molar-refractivity contribution < 1.29 is 18.3 Å². The zero-order valence-corrected chi connectivity index (χ0v) is 15.4. The van der Waals surface area contributed by atoms with Gasteiger partial charge in [-0.1, -0.05) is 34.1 Å². The van der Waals surface area contributed by atoms with E-state index in [9.17, 15) is 14.0 Å². The summed E-state index contributed by atoms with van der Waals surface area (Å²) in [6.45, 7) is -0.355. The Morgan fingerprint density at radius 1 is 1.26 bits per heavy atom. The van der Waals surface area contributed by atoms with Gasteiger partial charge in [-0.15, -0.1) is 0 Å². The number of nitrogens with zero attached hydrogens (tertiary/aromatic N) is 2. The number of carbonyl (C=O) groups is 1. The van der Waals surface area contributed by atoms with Gasteiger partial charge in [-0.2, -0.15) is 0 Å². The smallest absolute Gasteiger partial charge is 0.326 e. The molecule has 0 spiro atoms. The lowest BCUT2D eigenvalue weighted by molar-refractivity contribution is -0.145. The maximum Gasteiger partial charge on any atom is 0.326 e. The van der Waals surface area contributed by atoms with E-state index in [1.54, 1.807) is 12.1 Å². The lowest BCUT2D eigenvalue weighted by Crippen LogP contribution is -2.25. The minimum Gasteiger partial charge on any atom is -0.459 e. The van der Waals surface area contributed by atoms with Gasteiger partial charge in [0.1, 0.15) is 30.1 Å². The Balaban J connectivity index is 1.54. The molecule has 136 valence electrons. The van der Waals surface area contributed by atoms with Crippen LogP contribution >= 0.6 is 15.9 Å². The Hall–Kier alpha value is -3.00. The number of benzene rings is 2. The molecule has 0 atom stereocenters. The van der Waals surface area contributed by atoms with Crippen molar-refractivity contribution in [3.63, 3.8) is 0 Å². The van der Waals surface area contributed by atoms with E-state index in [0.29, 0.717) is 21.1 Å².